The Morgan fingerprint density at radius 1 is 1.30 bits per heavy atom. The molecule has 1 amide bonds. The van der Waals surface area contributed by atoms with Crippen molar-refractivity contribution in [2.75, 3.05) is 18.0 Å². The SMILES string of the molecule is C=C(CN)CN1C(=O)C(=O)c2cc(C(F)(F)F)ccc21. The molecule has 1 heterocycles. The molecule has 1 aliphatic heterocycles. The number of amides is 1. The summed E-state index contributed by atoms with van der Waals surface area (Å²) >= 11 is 0. The predicted octanol–water partition coefficient (Wildman–Crippen LogP) is 1.75. The molecule has 4 nitrogen and oxygen atoms in total. The number of carbonyl (C=O) groups is 2. The van der Waals surface area contributed by atoms with Gasteiger partial charge in [0.1, 0.15) is 0 Å². The van der Waals surface area contributed by atoms with Gasteiger partial charge >= 0.3 is 6.18 Å². The van der Waals surface area contributed by atoms with Gasteiger partial charge in [0.2, 0.25) is 0 Å². The normalized spacial score (nSPS) is 14.7. The van der Waals surface area contributed by atoms with Crippen LogP contribution in [-0.4, -0.2) is 24.8 Å². The van der Waals surface area contributed by atoms with Crippen LogP contribution < -0.4 is 10.6 Å². The van der Waals surface area contributed by atoms with Crippen molar-refractivity contribution in [1.82, 2.24) is 0 Å². The van der Waals surface area contributed by atoms with E-state index in [0.29, 0.717) is 11.6 Å². The minimum Gasteiger partial charge on any atom is -0.327 e. The molecule has 0 saturated carbocycles. The molecule has 0 spiro atoms. The van der Waals surface area contributed by atoms with E-state index in [0.717, 1.165) is 17.0 Å². The molecule has 1 aromatic rings. The first-order valence-electron chi connectivity index (χ1n) is 5.70. The zero-order valence-corrected chi connectivity index (χ0v) is 10.3. The molecule has 0 saturated heterocycles. The summed E-state index contributed by atoms with van der Waals surface area (Å²) in [6, 6.07) is 2.65. The van der Waals surface area contributed by atoms with Crippen LogP contribution in [0.15, 0.2) is 30.4 Å². The number of anilines is 1. The maximum absolute atomic E-state index is 12.6. The third kappa shape index (κ3) is 2.32. The first-order chi connectivity index (χ1) is 9.25. The Kier molecular flexibility index (Phi) is 3.39. The maximum Gasteiger partial charge on any atom is 0.416 e. The summed E-state index contributed by atoms with van der Waals surface area (Å²) in [6.07, 6.45) is -4.56. The van der Waals surface area contributed by atoms with Crippen molar-refractivity contribution in [2.24, 2.45) is 5.73 Å². The number of hydrogen-bond acceptors (Lipinski definition) is 3. The number of hydrogen-bond donors (Lipinski definition) is 1. The second-order valence-corrected chi connectivity index (χ2v) is 4.40. The lowest BCUT2D eigenvalue weighted by Crippen LogP contribution is -2.32. The van der Waals surface area contributed by atoms with Gasteiger partial charge in [-0.2, -0.15) is 13.2 Å². The van der Waals surface area contributed by atoms with E-state index in [9.17, 15) is 22.8 Å². The van der Waals surface area contributed by atoms with Crippen LogP contribution in [0.2, 0.25) is 0 Å². The van der Waals surface area contributed by atoms with Crippen LogP contribution in [0.3, 0.4) is 0 Å². The van der Waals surface area contributed by atoms with Gasteiger partial charge in [-0.25, -0.2) is 0 Å². The third-order valence-electron chi connectivity index (χ3n) is 2.97. The molecule has 0 radical (unpaired) electrons. The summed E-state index contributed by atoms with van der Waals surface area (Å²) in [7, 11) is 0. The molecule has 1 aromatic carbocycles. The monoisotopic (exact) mass is 284 g/mol. The smallest absolute Gasteiger partial charge is 0.327 e. The van der Waals surface area contributed by atoms with Gasteiger partial charge in [0.05, 0.1) is 16.8 Å². The molecular formula is C13H11F3N2O2. The van der Waals surface area contributed by atoms with Crippen molar-refractivity contribution in [3.8, 4) is 0 Å². The van der Waals surface area contributed by atoms with Crippen LogP contribution in [0.4, 0.5) is 18.9 Å². The molecule has 106 valence electrons. The number of nitrogens with two attached hydrogens (primary N) is 1. The zero-order chi connectivity index (χ0) is 15.1. The second-order valence-electron chi connectivity index (χ2n) is 4.40. The van der Waals surface area contributed by atoms with Crippen molar-refractivity contribution < 1.29 is 22.8 Å². The topological polar surface area (TPSA) is 63.4 Å². The number of rotatable bonds is 3. The van der Waals surface area contributed by atoms with E-state index in [4.69, 9.17) is 5.73 Å². The highest BCUT2D eigenvalue weighted by Gasteiger charge is 2.39. The Morgan fingerprint density at radius 3 is 2.50 bits per heavy atom. The Morgan fingerprint density at radius 2 is 1.95 bits per heavy atom. The molecule has 7 heteroatoms. The van der Waals surface area contributed by atoms with Crippen LogP contribution >= 0.6 is 0 Å². The summed E-state index contributed by atoms with van der Waals surface area (Å²) in [4.78, 5) is 24.6. The molecule has 20 heavy (non-hydrogen) atoms. The number of fused-ring (bicyclic) bond motifs is 1. The van der Waals surface area contributed by atoms with Gasteiger partial charge in [-0.3, -0.25) is 9.59 Å². The van der Waals surface area contributed by atoms with E-state index >= 15 is 0 Å². The van der Waals surface area contributed by atoms with Crippen molar-refractivity contribution in [3.05, 3.63) is 41.5 Å². The van der Waals surface area contributed by atoms with Gasteiger partial charge in [0, 0.05) is 13.1 Å². The highest BCUT2D eigenvalue weighted by molar-refractivity contribution is 6.52. The largest absolute Gasteiger partial charge is 0.416 e. The molecule has 2 rings (SSSR count). The first-order valence-corrected chi connectivity index (χ1v) is 5.70. The molecule has 0 aromatic heterocycles. The number of ketones is 1. The van der Waals surface area contributed by atoms with Gasteiger partial charge < -0.3 is 10.6 Å². The van der Waals surface area contributed by atoms with Crippen LogP contribution in [0.25, 0.3) is 0 Å². The lowest BCUT2D eigenvalue weighted by Gasteiger charge is -2.17. The van der Waals surface area contributed by atoms with E-state index in [-0.39, 0.29) is 24.3 Å². The van der Waals surface area contributed by atoms with E-state index < -0.39 is 23.4 Å². The van der Waals surface area contributed by atoms with Crippen molar-refractivity contribution in [2.45, 2.75) is 6.18 Å². The molecule has 1 aliphatic rings. The van der Waals surface area contributed by atoms with Gasteiger partial charge in [-0.05, 0) is 23.8 Å². The lowest BCUT2D eigenvalue weighted by molar-refractivity contribution is -0.137. The van der Waals surface area contributed by atoms with Gasteiger partial charge in [0.25, 0.3) is 11.7 Å². The zero-order valence-electron chi connectivity index (χ0n) is 10.3. The molecule has 0 unspecified atom stereocenters. The fourth-order valence-corrected chi connectivity index (χ4v) is 1.92. The number of halogens is 3. The highest BCUT2D eigenvalue weighted by Crippen LogP contribution is 2.36. The van der Waals surface area contributed by atoms with Gasteiger partial charge in [0.15, 0.2) is 0 Å². The third-order valence-corrected chi connectivity index (χ3v) is 2.97. The van der Waals surface area contributed by atoms with Crippen LogP contribution in [0.5, 0.6) is 0 Å². The number of carbonyl (C=O) groups excluding carboxylic acids is 2. The Balaban J connectivity index is 2.44. The average molecular weight is 284 g/mol. The average Bonchev–Trinajstić information content (AvgIpc) is 2.62. The van der Waals surface area contributed by atoms with E-state index in [1.807, 2.05) is 0 Å². The first kappa shape index (κ1) is 14.3. The maximum atomic E-state index is 12.6. The molecule has 0 atom stereocenters. The molecule has 0 aliphatic carbocycles. The van der Waals surface area contributed by atoms with Gasteiger partial charge in [-0.1, -0.05) is 6.58 Å². The Hall–Kier alpha value is -2.15. The van der Waals surface area contributed by atoms with E-state index in [1.54, 1.807) is 0 Å². The summed E-state index contributed by atoms with van der Waals surface area (Å²) in [5.74, 6) is -1.81. The summed E-state index contributed by atoms with van der Waals surface area (Å²) in [6.45, 7) is 3.75. The molecule has 2 N–H and O–H groups in total. The number of nitrogens with zero attached hydrogens (tertiary/aromatic N) is 1. The van der Waals surface area contributed by atoms with Crippen molar-refractivity contribution in [3.63, 3.8) is 0 Å². The fourth-order valence-electron chi connectivity index (χ4n) is 1.92. The van der Waals surface area contributed by atoms with Crippen molar-refractivity contribution >= 4 is 17.4 Å². The Bertz CT molecular complexity index is 608. The van der Waals surface area contributed by atoms with E-state index in [1.165, 1.54) is 0 Å². The van der Waals surface area contributed by atoms with Crippen LogP contribution in [0, 0.1) is 0 Å². The van der Waals surface area contributed by atoms with Crippen LogP contribution in [-0.2, 0) is 11.0 Å². The summed E-state index contributed by atoms with van der Waals surface area (Å²) in [5.41, 5.74) is 4.81. The molecule has 0 bridgehead atoms. The van der Waals surface area contributed by atoms with Gasteiger partial charge in [-0.15, -0.1) is 0 Å². The second kappa shape index (κ2) is 4.75. The van der Waals surface area contributed by atoms with Crippen molar-refractivity contribution in [1.29, 1.82) is 0 Å². The Labute approximate surface area is 112 Å². The number of alkyl halides is 3. The fraction of sp³-hybridized carbons (Fsp3) is 0.231. The van der Waals surface area contributed by atoms with Crippen LogP contribution in [0.1, 0.15) is 15.9 Å². The standard InChI is InChI=1S/C13H11F3N2O2/c1-7(5-17)6-18-10-3-2-8(13(14,15)16)4-9(10)11(19)12(18)20/h2-4H,1,5-6,17H2. The summed E-state index contributed by atoms with van der Waals surface area (Å²) < 4.78 is 37.8. The number of Topliss-reactive ketones (excluding diaryl/α,β-unsaturated/α-hetero) is 1. The molecular weight excluding hydrogens is 273 g/mol. The lowest BCUT2D eigenvalue weighted by atomic mass is 10.1. The minimum absolute atomic E-state index is 0.0133. The quantitative estimate of drug-likeness (QED) is 0.679. The highest BCUT2D eigenvalue weighted by atomic mass is 19.4. The summed E-state index contributed by atoms with van der Waals surface area (Å²) in [5, 5.41) is 0. The van der Waals surface area contributed by atoms with E-state index in [2.05, 4.69) is 6.58 Å². The number of benzene rings is 1. The molecule has 0 fully saturated rings. The predicted molar refractivity (Wildman–Crippen MR) is 66.3 cm³/mol. The minimum atomic E-state index is -4.56.